The third-order valence-electron chi connectivity index (χ3n) is 4.39. The van der Waals surface area contributed by atoms with E-state index in [4.69, 9.17) is 13.9 Å². The summed E-state index contributed by atoms with van der Waals surface area (Å²) in [4.78, 5) is 23.6. The summed E-state index contributed by atoms with van der Waals surface area (Å²) in [5, 5.41) is 2.72. The van der Waals surface area contributed by atoms with Crippen molar-refractivity contribution in [2.45, 2.75) is 32.7 Å². The van der Waals surface area contributed by atoms with E-state index < -0.39 is 5.82 Å². The highest BCUT2D eigenvalue weighted by molar-refractivity contribution is 5.76. The Morgan fingerprint density at radius 3 is 2.86 bits per heavy atom. The van der Waals surface area contributed by atoms with E-state index in [0.29, 0.717) is 35.1 Å². The van der Waals surface area contributed by atoms with Crippen molar-refractivity contribution in [1.82, 2.24) is 20.3 Å². The third kappa shape index (κ3) is 4.79. The van der Waals surface area contributed by atoms with Crippen LogP contribution >= 0.6 is 0 Å². The normalized spacial score (nSPS) is 14.6. The van der Waals surface area contributed by atoms with E-state index in [1.165, 1.54) is 25.4 Å². The van der Waals surface area contributed by atoms with Crippen LogP contribution in [0.25, 0.3) is 22.6 Å². The van der Waals surface area contributed by atoms with Gasteiger partial charge in [0.1, 0.15) is 12.1 Å². The van der Waals surface area contributed by atoms with E-state index in [9.17, 15) is 9.18 Å². The molecular formula is C20H21FN4O4. The van der Waals surface area contributed by atoms with Gasteiger partial charge in [0.15, 0.2) is 11.4 Å². The molecule has 0 spiro atoms. The predicted octanol–water partition coefficient (Wildman–Crippen LogP) is 3.12. The van der Waals surface area contributed by atoms with Crippen molar-refractivity contribution in [3.63, 3.8) is 0 Å². The molecule has 29 heavy (non-hydrogen) atoms. The smallest absolute Gasteiger partial charge is 0.250 e. The number of ether oxygens (including phenoxy) is 2. The van der Waals surface area contributed by atoms with Gasteiger partial charge >= 0.3 is 0 Å². The zero-order valence-corrected chi connectivity index (χ0v) is 16.1. The number of carbonyl (C=O) groups excluding carboxylic acids is 1. The molecule has 9 heteroatoms. The maximum atomic E-state index is 14.3. The summed E-state index contributed by atoms with van der Waals surface area (Å²) < 4.78 is 31.0. The van der Waals surface area contributed by atoms with Crippen LogP contribution in [-0.2, 0) is 4.79 Å². The van der Waals surface area contributed by atoms with Gasteiger partial charge in [0.2, 0.25) is 23.6 Å². The molecule has 1 atom stereocenters. The first-order valence-corrected chi connectivity index (χ1v) is 9.43. The highest BCUT2D eigenvalue weighted by Crippen LogP contribution is 2.31. The molecule has 1 fully saturated rings. The second kappa shape index (κ2) is 8.02. The minimum absolute atomic E-state index is 0.0117. The first-order chi connectivity index (χ1) is 14.0. The Balaban J connectivity index is 1.46. The molecule has 1 N–H and O–H groups in total. The van der Waals surface area contributed by atoms with Gasteiger partial charge in [-0.3, -0.25) is 4.79 Å². The Hall–Kier alpha value is -3.23. The van der Waals surface area contributed by atoms with Crippen molar-refractivity contribution < 1.29 is 23.1 Å². The van der Waals surface area contributed by atoms with Gasteiger partial charge < -0.3 is 19.2 Å². The molecule has 3 heterocycles. The molecule has 0 bridgehead atoms. The zero-order valence-electron chi connectivity index (χ0n) is 16.1. The van der Waals surface area contributed by atoms with E-state index in [0.717, 1.165) is 12.8 Å². The van der Waals surface area contributed by atoms with Gasteiger partial charge in [0.05, 0.1) is 24.4 Å². The highest BCUT2D eigenvalue weighted by Gasteiger charge is 2.23. The average molecular weight is 400 g/mol. The van der Waals surface area contributed by atoms with Crippen LogP contribution in [0.1, 0.15) is 26.7 Å². The SMILES string of the molecule is CC(=O)N[C@@H](C)COc1cc2oc(-c3cnc(OCC4CC4)c(F)c3)nc2cn1. The van der Waals surface area contributed by atoms with Crippen LogP contribution in [-0.4, -0.2) is 40.1 Å². The lowest BCUT2D eigenvalue weighted by Gasteiger charge is -2.12. The maximum Gasteiger partial charge on any atom is 0.250 e. The second-order valence-electron chi connectivity index (χ2n) is 7.19. The van der Waals surface area contributed by atoms with Gasteiger partial charge in [-0.05, 0) is 31.7 Å². The molecule has 0 saturated heterocycles. The number of halogens is 1. The van der Waals surface area contributed by atoms with Crippen molar-refractivity contribution in [3.8, 4) is 23.2 Å². The van der Waals surface area contributed by atoms with Gasteiger partial charge in [-0.2, -0.15) is 0 Å². The largest absolute Gasteiger partial charge is 0.475 e. The number of fused-ring (bicyclic) bond motifs is 1. The Bertz CT molecular complexity index is 1030. The van der Waals surface area contributed by atoms with E-state index >= 15 is 0 Å². The molecule has 1 amide bonds. The van der Waals surface area contributed by atoms with Crippen molar-refractivity contribution in [3.05, 3.63) is 30.3 Å². The maximum absolute atomic E-state index is 14.3. The van der Waals surface area contributed by atoms with Crippen molar-refractivity contribution >= 4 is 17.0 Å². The lowest BCUT2D eigenvalue weighted by atomic mass is 10.3. The molecule has 3 aromatic heterocycles. The fourth-order valence-corrected chi connectivity index (χ4v) is 2.75. The van der Waals surface area contributed by atoms with Crippen molar-refractivity contribution in [2.24, 2.45) is 5.92 Å². The Labute approximate surface area is 166 Å². The molecule has 0 aromatic carbocycles. The molecule has 0 unspecified atom stereocenters. The molecule has 152 valence electrons. The van der Waals surface area contributed by atoms with Gasteiger partial charge in [0.25, 0.3) is 0 Å². The number of nitrogens with zero attached hydrogens (tertiary/aromatic N) is 3. The molecule has 1 aliphatic carbocycles. The molecule has 1 saturated carbocycles. The number of hydrogen-bond acceptors (Lipinski definition) is 7. The van der Waals surface area contributed by atoms with E-state index in [1.807, 2.05) is 6.92 Å². The van der Waals surface area contributed by atoms with Crippen molar-refractivity contribution in [1.29, 1.82) is 0 Å². The van der Waals surface area contributed by atoms with Gasteiger partial charge in [0, 0.05) is 19.2 Å². The van der Waals surface area contributed by atoms with E-state index in [-0.39, 0.29) is 30.3 Å². The Morgan fingerprint density at radius 1 is 1.31 bits per heavy atom. The molecule has 1 aliphatic rings. The van der Waals surface area contributed by atoms with Gasteiger partial charge in [-0.1, -0.05) is 0 Å². The summed E-state index contributed by atoms with van der Waals surface area (Å²) in [6.45, 7) is 4.02. The zero-order chi connectivity index (χ0) is 20.4. The topological polar surface area (TPSA) is 99.4 Å². The first kappa shape index (κ1) is 19.1. The number of carbonyl (C=O) groups is 1. The quantitative estimate of drug-likeness (QED) is 0.620. The minimum Gasteiger partial charge on any atom is -0.475 e. The van der Waals surface area contributed by atoms with E-state index in [2.05, 4.69) is 20.3 Å². The van der Waals surface area contributed by atoms with Crippen LogP contribution in [0.5, 0.6) is 11.8 Å². The minimum atomic E-state index is -0.556. The van der Waals surface area contributed by atoms with E-state index in [1.54, 1.807) is 6.07 Å². The number of amides is 1. The third-order valence-corrected chi connectivity index (χ3v) is 4.39. The summed E-state index contributed by atoms with van der Waals surface area (Å²) >= 11 is 0. The molecular weight excluding hydrogens is 379 g/mol. The summed E-state index contributed by atoms with van der Waals surface area (Å²) in [6.07, 6.45) is 5.22. The predicted molar refractivity (Wildman–Crippen MR) is 102 cm³/mol. The van der Waals surface area contributed by atoms with Crippen LogP contribution in [0, 0.1) is 11.7 Å². The standard InChI is InChI=1S/C20H21FN4O4/c1-11(24-12(2)26)9-27-18-6-17-16(8-22-18)25-19(29-17)14-5-15(21)20(23-7-14)28-10-13-3-4-13/h5-8,11,13H,3-4,9-10H2,1-2H3,(H,24,26)/t11-/m0/s1. The molecule has 4 rings (SSSR count). The fourth-order valence-electron chi connectivity index (χ4n) is 2.75. The monoisotopic (exact) mass is 400 g/mol. The van der Waals surface area contributed by atoms with Crippen LogP contribution in [0.2, 0.25) is 0 Å². The number of oxazole rings is 1. The van der Waals surface area contributed by atoms with Gasteiger partial charge in [-0.25, -0.2) is 19.3 Å². The van der Waals surface area contributed by atoms with Crippen LogP contribution < -0.4 is 14.8 Å². The molecule has 0 aliphatic heterocycles. The van der Waals surface area contributed by atoms with Crippen LogP contribution in [0.4, 0.5) is 4.39 Å². The highest BCUT2D eigenvalue weighted by atomic mass is 19.1. The lowest BCUT2D eigenvalue weighted by Crippen LogP contribution is -2.35. The molecule has 8 nitrogen and oxygen atoms in total. The first-order valence-electron chi connectivity index (χ1n) is 9.43. The number of pyridine rings is 2. The fraction of sp³-hybridized carbons (Fsp3) is 0.400. The number of hydrogen-bond donors (Lipinski definition) is 1. The van der Waals surface area contributed by atoms with Gasteiger partial charge in [-0.15, -0.1) is 0 Å². The van der Waals surface area contributed by atoms with Crippen molar-refractivity contribution in [2.75, 3.05) is 13.2 Å². The van der Waals surface area contributed by atoms with Crippen LogP contribution in [0.3, 0.4) is 0 Å². The average Bonchev–Trinajstić information content (AvgIpc) is 3.41. The molecule has 0 radical (unpaired) electrons. The summed E-state index contributed by atoms with van der Waals surface area (Å²) in [7, 11) is 0. The summed E-state index contributed by atoms with van der Waals surface area (Å²) in [5.74, 6) is 0.380. The summed E-state index contributed by atoms with van der Waals surface area (Å²) in [6, 6.07) is 2.73. The molecule has 3 aromatic rings. The Morgan fingerprint density at radius 2 is 2.14 bits per heavy atom. The number of nitrogens with one attached hydrogen (secondary N) is 1. The second-order valence-corrected chi connectivity index (χ2v) is 7.19. The lowest BCUT2D eigenvalue weighted by molar-refractivity contribution is -0.119. The Kier molecular flexibility index (Phi) is 5.28. The van der Waals surface area contributed by atoms with Crippen LogP contribution in [0.15, 0.2) is 28.9 Å². The number of rotatable bonds is 8. The summed E-state index contributed by atoms with van der Waals surface area (Å²) in [5.41, 5.74) is 1.36. The number of aromatic nitrogens is 3.